The number of aromatic nitrogens is 2. The Balaban J connectivity index is 1.90. The summed E-state index contributed by atoms with van der Waals surface area (Å²) in [6, 6.07) is 14.4. The van der Waals surface area contributed by atoms with Crippen LogP contribution in [-0.2, 0) is 4.79 Å². The predicted octanol–water partition coefficient (Wildman–Crippen LogP) is 4.97. The average Bonchev–Trinajstić information content (AvgIpc) is 3.20. The summed E-state index contributed by atoms with van der Waals surface area (Å²) in [6.07, 6.45) is 1.83. The summed E-state index contributed by atoms with van der Waals surface area (Å²) in [7, 11) is 1.59. The summed E-state index contributed by atoms with van der Waals surface area (Å²) >= 11 is 6.03. The monoisotopic (exact) mass is 483 g/mol. The molecule has 0 aliphatic heterocycles. The molecule has 3 rings (SSSR count). The number of amides is 3. The van der Waals surface area contributed by atoms with E-state index in [-0.39, 0.29) is 18.5 Å². The summed E-state index contributed by atoms with van der Waals surface area (Å²) in [5.41, 5.74) is 1.87. The van der Waals surface area contributed by atoms with Gasteiger partial charge in [0.15, 0.2) is 0 Å². The first-order chi connectivity index (χ1) is 16.1. The molecule has 0 saturated carbocycles. The smallest absolute Gasteiger partial charge is 0.318 e. The highest BCUT2D eigenvalue weighted by molar-refractivity contribution is 6.30. The Bertz CT molecular complexity index is 1150. The van der Waals surface area contributed by atoms with Crippen molar-refractivity contribution in [2.75, 3.05) is 25.5 Å². The molecule has 0 fully saturated rings. The number of carbonyl (C=O) groups excluding carboxylic acids is 2. The molecular weight excluding hydrogens is 454 g/mol. The van der Waals surface area contributed by atoms with Gasteiger partial charge >= 0.3 is 6.03 Å². The normalized spacial score (nSPS) is 11.1. The Hall–Kier alpha value is -3.52. The number of likely N-dealkylation sites (N-methyl/N-ethyl adjacent to an activating group) is 1. The minimum atomic E-state index is -0.406. The molecule has 9 heteroatoms. The van der Waals surface area contributed by atoms with Crippen LogP contribution >= 0.6 is 11.6 Å². The molecule has 180 valence electrons. The first-order valence-corrected chi connectivity index (χ1v) is 11.3. The third kappa shape index (κ3) is 6.51. The minimum absolute atomic E-state index is 0.111. The molecule has 3 aromatic rings. The molecule has 2 N–H and O–H groups in total. The van der Waals surface area contributed by atoms with Gasteiger partial charge in [-0.3, -0.25) is 14.7 Å². The zero-order valence-electron chi connectivity index (χ0n) is 20.1. The fourth-order valence-corrected chi connectivity index (χ4v) is 3.38. The molecule has 34 heavy (non-hydrogen) atoms. The molecule has 0 bridgehead atoms. The number of benzene rings is 2. The van der Waals surface area contributed by atoms with Crippen molar-refractivity contribution in [2.45, 2.75) is 33.2 Å². The third-order valence-electron chi connectivity index (χ3n) is 4.91. The topological polar surface area (TPSA) is 88.5 Å². The number of methoxy groups -OCH3 is 1. The summed E-state index contributed by atoms with van der Waals surface area (Å²) < 4.78 is 7.12. The molecule has 0 atom stereocenters. The number of nitrogens with one attached hydrogen (secondary N) is 2. The van der Waals surface area contributed by atoms with Gasteiger partial charge in [-0.15, -0.1) is 0 Å². The van der Waals surface area contributed by atoms with Crippen LogP contribution in [0.4, 0.5) is 10.7 Å². The van der Waals surface area contributed by atoms with Crippen LogP contribution in [0.2, 0.25) is 5.02 Å². The number of imidazole rings is 1. The summed E-state index contributed by atoms with van der Waals surface area (Å²) in [5.74, 6) is 0.645. The van der Waals surface area contributed by atoms with E-state index in [1.54, 1.807) is 23.8 Å². The number of carbonyl (C=O) groups is 2. The number of anilines is 1. The molecule has 1 heterocycles. The lowest BCUT2D eigenvalue weighted by molar-refractivity contribution is -0.116. The number of halogens is 1. The van der Waals surface area contributed by atoms with Crippen molar-refractivity contribution in [1.82, 2.24) is 19.8 Å². The van der Waals surface area contributed by atoms with Crippen LogP contribution in [0.5, 0.6) is 5.75 Å². The van der Waals surface area contributed by atoms with E-state index in [0.29, 0.717) is 29.0 Å². The predicted molar refractivity (Wildman–Crippen MR) is 135 cm³/mol. The molecule has 1 aromatic heterocycles. The molecule has 0 spiro atoms. The van der Waals surface area contributed by atoms with Gasteiger partial charge in [0.1, 0.15) is 12.3 Å². The van der Waals surface area contributed by atoms with E-state index in [1.165, 1.54) is 4.90 Å². The van der Waals surface area contributed by atoms with Gasteiger partial charge in [0.2, 0.25) is 11.9 Å². The SMILES string of the molecule is CCN(CC(=O)Nc1nc(-c2ccc(Cl)cc2)cn1-c1cccc(OC)c1)C(=O)NC(C)(C)C. The van der Waals surface area contributed by atoms with Gasteiger partial charge in [-0.25, -0.2) is 9.78 Å². The second kappa shape index (κ2) is 10.6. The van der Waals surface area contributed by atoms with E-state index in [9.17, 15) is 9.59 Å². The van der Waals surface area contributed by atoms with Gasteiger partial charge in [-0.05, 0) is 52.0 Å². The van der Waals surface area contributed by atoms with Crippen molar-refractivity contribution in [3.8, 4) is 22.7 Å². The van der Waals surface area contributed by atoms with Crippen molar-refractivity contribution in [2.24, 2.45) is 0 Å². The Morgan fingerprint density at radius 1 is 1.15 bits per heavy atom. The van der Waals surface area contributed by atoms with E-state index < -0.39 is 5.54 Å². The van der Waals surface area contributed by atoms with Gasteiger partial charge in [0, 0.05) is 34.9 Å². The van der Waals surface area contributed by atoms with Crippen molar-refractivity contribution in [3.63, 3.8) is 0 Å². The van der Waals surface area contributed by atoms with E-state index in [1.807, 2.05) is 70.3 Å². The molecule has 0 unspecified atom stereocenters. The summed E-state index contributed by atoms with van der Waals surface area (Å²) in [5, 5.41) is 6.36. The maximum absolute atomic E-state index is 12.9. The average molecular weight is 484 g/mol. The Morgan fingerprint density at radius 2 is 1.85 bits per heavy atom. The van der Waals surface area contributed by atoms with Crippen LogP contribution in [0.3, 0.4) is 0 Å². The van der Waals surface area contributed by atoms with Gasteiger partial charge in [0.05, 0.1) is 18.5 Å². The largest absolute Gasteiger partial charge is 0.497 e. The maximum Gasteiger partial charge on any atom is 0.318 e. The van der Waals surface area contributed by atoms with Gasteiger partial charge in [-0.1, -0.05) is 29.8 Å². The highest BCUT2D eigenvalue weighted by Gasteiger charge is 2.22. The molecular formula is C25H30ClN5O3. The van der Waals surface area contributed by atoms with Crippen LogP contribution in [0.25, 0.3) is 16.9 Å². The van der Waals surface area contributed by atoms with E-state index >= 15 is 0 Å². The van der Waals surface area contributed by atoms with Crippen LogP contribution in [-0.4, -0.2) is 52.1 Å². The first-order valence-electron chi connectivity index (χ1n) is 11.0. The third-order valence-corrected chi connectivity index (χ3v) is 5.17. The lowest BCUT2D eigenvalue weighted by Gasteiger charge is -2.27. The number of hydrogen-bond acceptors (Lipinski definition) is 4. The molecule has 0 aliphatic carbocycles. The first kappa shape index (κ1) is 25.1. The summed E-state index contributed by atoms with van der Waals surface area (Å²) in [6.45, 7) is 7.77. The molecule has 0 aliphatic rings. The fourth-order valence-electron chi connectivity index (χ4n) is 3.25. The molecule has 8 nitrogen and oxygen atoms in total. The quantitative estimate of drug-likeness (QED) is 0.496. The van der Waals surface area contributed by atoms with Gasteiger partial charge < -0.3 is 15.0 Å². The number of ether oxygens (including phenoxy) is 1. The molecule has 0 radical (unpaired) electrons. The standard InChI is InChI=1S/C25H30ClN5O3/c1-6-30(24(33)29-25(2,3)4)16-22(32)28-23-27-21(17-10-12-18(26)13-11-17)15-31(23)19-8-7-9-20(14-19)34-5/h7-15H,6,16H2,1-5H3,(H,29,33)(H,27,28,32). The van der Waals surface area contributed by atoms with Crippen LogP contribution in [0.15, 0.2) is 54.7 Å². The zero-order chi connectivity index (χ0) is 24.9. The molecule has 0 saturated heterocycles. The van der Waals surface area contributed by atoms with E-state index in [4.69, 9.17) is 16.3 Å². The second-order valence-corrected chi connectivity index (χ2v) is 9.21. The number of hydrogen-bond donors (Lipinski definition) is 2. The van der Waals surface area contributed by atoms with Crippen molar-refractivity contribution >= 4 is 29.5 Å². The van der Waals surface area contributed by atoms with Gasteiger partial charge in [0.25, 0.3) is 0 Å². The molecule has 3 amide bonds. The van der Waals surface area contributed by atoms with E-state index in [2.05, 4.69) is 15.6 Å². The maximum atomic E-state index is 12.9. The lowest BCUT2D eigenvalue weighted by Crippen LogP contribution is -2.50. The number of nitrogens with zero attached hydrogens (tertiary/aromatic N) is 3. The van der Waals surface area contributed by atoms with E-state index in [0.717, 1.165) is 11.3 Å². The number of rotatable bonds is 7. The van der Waals surface area contributed by atoms with Crippen molar-refractivity contribution < 1.29 is 14.3 Å². The summed E-state index contributed by atoms with van der Waals surface area (Å²) in [4.78, 5) is 31.6. The second-order valence-electron chi connectivity index (χ2n) is 8.77. The Labute approximate surface area is 204 Å². The van der Waals surface area contributed by atoms with Crippen LogP contribution < -0.4 is 15.4 Å². The van der Waals surface area contributed by atoms with Crippen molar-refractivity contribution in [1.29, 1.82) is 0 Å². The minimum Gasteiger partial charge on any atom is -0.497 e. The van der Waals surface area contributed by atoms with Crippen molar-refractivity contribution in [3.05, 3.63) is 59.8 Å². The zero-order valence-corrected chi connectivity index (χ0v) is 20.8. The highest BCUT2D eigenvalue weighted by Crippen LogP contribution is 2.27. The highest BCUT2D eigenvalue weighted by atomic mass is 35.5. The number of urea groups is 1. The van der Waals surface area contributed by atoms with Crippen LogP contribution in [0, 0.1) is 0 Å². The molecule has 2 aromatic carbocycles. The fraction of sp³-hybridized carbons (Fsp3) is 0.320. The van der Waals surface area contributed by atoms with Gasteiger partial charge in [-0.2, -0.15) is 0 Å². The lowest BCUT2D eigenvalue weighted by atomic mass is 10.1. The Kier molecular flexibility index (Phi) is 7.83. The van der Waals surface area contributed by atoms with Crippen LogP contribution in [0.1, 0.15) is 27.7 Å². The Morgan fingerprint density at radius 3 is 2.47 bits per heavy atom.